The van der Waals surface area contributed by atoms with Crippen LogP contribution in [0.25, 0.3) is 5.57 Å². The van der Waals surface area contributed by atoms with Crippen molar-refractivity contribution in [2.75, 3.05) is 5.01 Å². The first-order chi connectivity index (χ1) is 11.0. The molecule has 3 nitrogen and oxygen atoms in total. The standard InChI is InChI=1S/C19H20ClN3/c1-12-5-7-16(14(3)9-12)17-11-21-22-23(19(17)20)18-8-6-13(2)10-15(18)4/h5-11,22H,1-4H3. The summed E-state index contributed by atoms with van der Waals surface area (Å²) in [5.41, 5.74) is 10.8. The van der Waals surface area contributed by atoms with E-state index in [1.54, 1.807) is 6.21 Å². The van der Waals surface area contributed by atoms with Crippen molar-refractivity contribution in [3.8, 4) is 0 Å². The van der Waals surface area contributed by atoms with Crippen molar-refractivity contribution in [1.82, 2.24) is 5.53 Å². The first-order valence-corrected chi connectivity index (χ1v) is 7.98. The predicted octanol–water partition coefficient (Wildman–Crippen LogP) is 4.84. The Morgan fingerprint density at radius 1 is 0.913 bits per heavy atom. The van der Waals surface area contributed by atoms with E-state index in [-0.39, 0.29) is 0 Å². The van der Waals surface area contributed by atoms with E-state index < -0.39 is 0 Å². The summed E-state index contributed by atoms with van der Waals surface area (Å²) in [6, 6.07) is 12.6. The van der Waals surface area contributed by atoms with Gasteiger partial charge in [-0.25, -0.2) is 10.5 Å². The maximum atomic E-state index is 6.69. The van der Waals surface area contributed by atoms with E-state index in [2.05, 4.69) is 74.7 Å². The highest BCUT2D eigenvalue weighted by molar-refractivity contribution is 6.39. The fourth-order valence-corrected chi connectivity index (χ4v) is 3.16. The molecule has 1 aliphatic rings. The summed E-state index contributed by atoms with van der Waals surface area (Å²) in [5.74, 6) is 0. The summed E-state index contributed by atoms with van der Waals surface area (Å²) in [5, 5.41) is 6.73. The molecule has 0 radical (unpaired) electrons. The van der Waals surface area contributed by atoms with Crippen LogP contribution in [0.4, 0.5) is 5.69 Å². The van der Waals surface area contributed by atoms with Crippen molar-refractivity contribution in [2.24, 2.45) is 5.10 Å². The normalized spacial score (nSPS) is 14.2. The van der Waals surface area contributed by atoms with E-state index in [1.165, 1.54) is 16.7 Å². The van der Waals surface area contributed by atoms with Crippen LogP contribution < -0.4 is 10.5 Å². The van der Waals surface area contributed by atoms with Crippen molar-refractivity contribution in [3.05, 3.63) is 69.4 Å². The fourth-order valence-electron chi connectivity index (χ4n) is 2.88. The Hall–Kier alpha value is -2.26. The Morgan fingerprint density at radius 3 is 2.22 bits per heavy atom. The lowest BCUT2D eigenvalue weighted by Gasteiger charge is -2.29. The number of allylic oxidation sites excluding steroid dienone is 1. The molecule has 0 fully saturated rings. The van der Waals surface area contributed by atoms with Crippen LogP contribution in [0, 0.1) is 27.7 Å². The molecule has 0 aromatic heterocycles. The maximum absolute atomic E-state index is 6.69. The number of nitrogens with one attached hydrogen (secondary N) is 1. The van der Waals surface area contributed by atoms with Crippen molar-refractivity contribution >= 4 is 29.1 Å². The molecule has 118 valence electrons. The van der Waals surface area contributed by atoms with Crippen LogP contribution in [-0.2, 0) is 0 Å². The van der Waals surface area contributed by atoms with Gasteiger partial charge in [-0.05, 0) is 50.5 Å². The number of benzene rings is 2. The molecule has 0 spiro atoms. The van der Waals surface area contributed by atoms with Gasteiger partial charge in [0.05, 0.1) is 11.9 Å². The third-order valence-electron chi connectivity index (χ3n) is 4.04. The number of aryl methyl sites for hydroxylation is 4. The summed E-state index contributed by atoms with van der Waals surface area (Å²) < 4.78 is 0. The molecule has 0 amide bonds. The van der Waals surface area contributed by atoms with Crippen LogP contribution in [0.5, 0.6) is 0 Å². The van der Waals surface area contributed by atoms with Crippen LogP contribution >= 0.6 is 11.6 Å². The first kappa shape index (κ1) is 15.6. The maximum Gasteiger partial charge on any atom is 0.140 e. The molecule has 23 heavy (non-hydrogen) atoms. The molecule has 0 atom stereocenters. The Labute approximate surface area is 142 Å². The SMILES string of the molecule is Cc1ccc(C2=C(Cl)N(c3ccc(C)cc3C)NN=C2)c(C)c1. The number of rotatable bonds is 2. The molecule has 2 aromatic carbocycles. The Bertz CT molecular complexity index is 821. The number of hydrazine groups is 1. The average Bonchev–Trinajstić information content (AvgIpc) is 2.49. The second-order valence-electron chi connectivity index (χ2n) is 6.01. The van der Waals surface area contributed by atoms with Crippen molar-refractivity contribution < 1.29 is 0 Å². The minimum absolute atomic E-state index is 0.624. The van der Waals surface area contributed by atoms with Gasteiger partial charge in [0.25, 0.3) is 0 Å². The van der Waals surface area contributed by atoms with Gasteiger partial charge >= 0.3 is 0 Å². The molecule has 4 heteroatoms. The van der Waals surface area contributed by atoms with Gasteiger partial charge < -0.3 is 0 Å². The van der Waals surface area contributed by atoms with Gasteiger partial charge in [0, 0.05) is 5.57 Å². The van der Waals surface area contributed by atoms with Gasteiger partial charge in [-0.15, -0.1) is 0 Å². The lowest BCUT2D eigenvalue weighted by molar-refractivity contribution is 0.741. The van der Waals surface area contributed by atoms with Crippen LogP contribution in [0.1, 0.15) is 27.8 Å². The van der Waals surface area contributed by atoms with E-state index in [1.807, 2.05) is 5.01 Å². The van der Waals surface area contributed by atoms with Gasteiger partial charge in [-0.1, -0.05) is 53.1 Å². The summed E-state index contributed by atoms with van der Waals surface area (Å²) in [7, 11) is 0. The minimum atomic E-state index is 0.624. The highest BCUT2D eigenvalue weighted by atomic mass is 35.5. The largest absolute Gasteiger partial charge is 0.228 e. The number of hydrogen-bond acceptors (Lipinski definition) is 3. The molecule has 0 aliphatic carbocycles. The summed E-state index contributed by atoms with van der Waals surface area (Å²) in [6.45, 7) is 8.34. The molecular formula is C19H20ClN3. The zero-order chi connectivity index (χ0) is 16.6. The van der Waals surface area contributed by atoms with Gasteiger partial charge in [0.1, 0.15) is 5.16 Å². The highest BCUT2D eigenvalue weighted by Gasteiger charge is 2.21. The van der Waals surface area contributed by atoms with Crippen LogP contribution in [-0.4, -0.2) is 6.21 Å². The highest BCUT2D eigenvalue weighted by Crippen LogP contribution is 2.32. The van der Waals surface area contributed by atoms with Crippen molar-refractivity contribution in [3.63, 3.8) is 0 Å². The summed E-state index contributed by atoms with van der Waals surface area (Å²) in [6.07, 6.45) is 1.78. The van der Waals surface area contributed by atoms with Crippen molar-refractivity contribution in [2.45, 2.75) is 27.7 Å². The molecule has 0 unspecified atom stereocenters. The molecule has 2 aromatic rings. The molecule has 1 heterocycles. The van der Waals surface area contributed by atoms with Gasteiger partial charge in [0.2, 0.25) is 0 Å². The first-order valence-electron chi connectivity index (χ1n) is 7.61. The van der Waals surface area contributed by atoms with Crippen LogP contribution in [0.15, 0.2) is 46.7 Å². The number of anilines is 1. The summed E-state index contributed by atoms with van der Waals surface area (Å²) in [4.78, 5) is 0. The fraction of sp³-hybridized carbons (Fsp3) is 0.211. The number of nitrogens with zero attached hydrogens (tertiary/aromatic N) is 2. The van der Waals surface area contributed by atoms with E-state index in [0.717, 1.165) is 22.4 Å². The zero-order valence-electron chi connectivity index (χ0n) is 13.8. The molecular weight excluding hydrogens is 306 g/mol. The lowest BCUT2D eigenvalue weighted by Crippen LogP contribution is -2.35. The van der Waals surface area contributed by atoms with E-state index in [0.29, 0.717) is 5.16 Å². The van der Waals surface area contributed by atoms with Crippen LogP contribution in [0.2, 0.25) is 0 Å². The van der Waals surface area contributed by atoms with Crippen molar-refractivity contribution in [1.29, 1.82) is 0 Å². The average molecular weight is 326 g/mol. The number of hydrazone groups is 1. The number of halogens is 1. The topological polar surface area (TPSA) is 27.6 Å². The van der Waals surface area contributed by atoms with Gasteiger partial charge in [-0.2, -0.15) is 5.10 Å². The van der Waals surface area contributed by atoms with E-state index >= 15 is 0 Å². The second-order valence-corrected chi connectivity index (χ2v) is 6.36. The molecule has 0 saturated heterocycles. The molecule has 0 bridgehead atoms. The molecule has 3 rings (SSSR count). The zero-order valence-corrected chi connectivity index (χ0v) is 14.6. The quantitative estimate of drug-likeness (QED) is 0.800. The third kappa shape index (κ3) is 2.97. The molecule has 1 N–H and O–H groups in total. The lowest BCUT2D eigenvalue weighted by atomic mass is 9.99. The number of hydrogen-bond donors (Lipinski definition) is 1. The van der Waals surface area contributed by atoms with E-state index in [9.17, 15) is 0 Å². The Morgan fingerprint density at radius 2 is 1.57 bits per heavy atom. The van der Waals surface area contributed by atoms with Gasteiger partial charge in [-0.3, -0.25) is 0 Å². The summed E-state index contributed by atoms with van der Waals surface area (Å²) >= 11 is 6.69. The predicted molar refractivity (Wildman–Crippen MR) is 98.7 cm³/mol. The van der Waals surface area contributed by atoms with Crippen LogP contribution in [0.3, 0.4) is 0 Å². The third-order valence-corrected chi connectivity index (χ3v) is 4.41. The second kappa shape index (κ2) is 6.09. The monoisotopic (exact) mass is 325 g/mol. The minimum Gasteiger partial charge on any atom is -0.228 e. The van der Waals surface area contributed by atoms with Gasteiger partial charge in [0.15, 0.2) is 0 Å². The smallest absolute Gasteiger partial charge is 0.140 e. The Balaban J connectivity index is 2.08. The molecule has 1 aliphatic heterocycles. The Kier molecular flexibility index (Phi) is 4.14. The van der Waals surface area contributed by atoms with E-state index in [4.69, 9.17) is 11.6 Å². The molecule has 0 saturated carbocycles.